The monoisotopic (exact) mass is 286 g/mol. The Bertz CT molecular complexity index is 639. The third-order valence-corrected chi connectivity index (χ3v) is 3.56. The van der Waals surface area contributed by atoms with E-state index in [9.17, 15) is 5.11 Å². The second-order valence-corrected chi connectivity index (χ2v) is 6.05. The molecule has 1 N–H and O–H groups in total. The third-order valence-electron chi connectivity index (χ3n) is 3.56. The molecule has 0 spiro atoms. The van der Waals surface area contributed by atoms with Crippen LogP contribution in [0, 0.1) is 0 Å². The van der Waals surface area contributed by atoms with Gasteiger partial charge in [-0.1, -0.05) is 26.8 Å². The van der Waals surface area contributed by atoms with Crippen molar-refractivity contribution in [3.63, 3.8) is 0 Å². The number of hydrogen-bond donors (Lipinski definition) is 1. The Morgan fingerprint density at radius 1 is 0.857 bits per heavy atom. The van der Waals surface area contributed by atoms with E-state index in [0.29, 0.717) is 5.75 Å². The second-order valence-electron chi connectivity index (χ2n) is 6.05. The molecular weight excluding hydrogens is 264 g/mol. The van der Waals surface area contributed by atoms with Crippen LogP contribution in [0.15, 0.2) is 36.4 Å². The van der Waals surface area contributed by atoms with Crippen LogP contribution in [-0.4, -0.2) is 19.3 Å². The molecule has 2 rings (SSSR count). The standard InChI is InChI=1S/C18H22O3/c1-18(2,3)12-6-8-16(19)14(10-12)15-11-13(20-4)7-9-17(15)21-5/h6-11,19H,1-5H3. The van der Waals surface area contributed by atoms with Crippen molar-refractivity contribution in [1.29, 1.82) is 0 Å². The first-order chi connectivity index (χ1) is 9.86. The minimum Gasteiger partial charge on any atom is -0.507 e. The average Bonchev–Trinajstić information content (AvgIpc) is 2.45. The molecule has 0 atom stereocenters. The van der Waals surface area contributed by atoms with Gasteiger partial charge in [0.25, 0.3) is 0 Å². The fourth-order valence-corrected chi connectivity index (χ4v) is 2.24. The van der Waals surface area contributed by atoms with Crippen LogP contribution in [0.3, 0.4) is 0 Å². The first-order valence-corrected chi connectivity index (χ1v) is 6.92. The van der Waals surface area contributed by atoms with Gasteiger partial charge >= 0.3 is 0 Å². The molecule has 0 saturated heterocycles. The molecule has 112 valence electrons. The van der Waals surface area contributed by atoms with Crippen LogP contribution in [0.4, 0.5) is 0 Å². The van der Waals surface area contributed by atoms with E-state index in [-0.39, 0.29) is 11.2 Å². The molecule has 0 amide bonds. The van der Waals surface area contributed by atoms with Gasteiger partial charge in [0.15, 0.2) is 0 Å². The molecule has 0 aliphatic rings. The summed E-state index contributed by atoms with van der Waals surface area (Å²) in [6.07, 6.45) is 0. The maximum Gasteiger partial charge on any atom is 0.127 e. The Morgan fingerprint density at radius 3 is 2.14 bits per heavy atom. The number of phenols is 1. The summed E-state index contributed by atoms with van der Waals surface area (Å²) in [5.74, 6) is 1.66. The molecule has 0 fully saturated rings. The zero-order valence-corrected chi connectivity index (χ0v) is 13.2. The topological polar surface area (TPSA) is 38.7 Å². The van der Waals surface area contributed by atoms with Gasteiger partial charge in [-0.3, -0.25) is 0 Å². The lowest BCUT2D eigenvalue weighted by molar-refractivity contribution is 0.404. The van der Waals surface area contributed by atoms with Crippen molar-refractivity contribution >= 4 is 0 Å². The molecule has 0 saturated carbocycles. The van der Waals surface area contributed by atoms with E-state index in [4.69, 9.17) is 9.47 Å². The third kappa shape index (κ3) is 3.13. The van der Waals surface area contributed by atoms with Crippen molar-refractivity contribution in [3.05, 3.63) is 42.0 Å². The van der Waals surface area contributed by atoms with Gasteiger partial charge in [-0.2, -0.15) is 0 Å². The van der Waals surface area contributed by atoms with Crippen LogP contribution in [0.2, 0.25) is 0 Å². The van der Waals surface area contributed by atoms with Gasteiger partial charge in [-0.15, -0.1) is 0 Å². The van der Waals surface area contributed by atoms with Gasteiger partial charge < -0.3 is 14.6 Å². The Kier molecular flexibility index (Phi) is 4.12. The fourth-order valence-electron chi connectivity index (χ4n) is 2.24. The highest BCUT2D eigenvalue weighted by Gasteiger charge is 2.18. The maximum atomic E-state index is 10.2. The molecule has 0 bridgehead atoms. The van der Waals surface area contributed by atoms with Crippen LogP contribution < -0.4 is 9.47 Å². The smallest absolute Gasteiger partial charge is 0.127 e. The lowest BCUT2D eigenvalue weighted by Gasteiger charge is -2.21. The normalized spacial score (nSPS) is 11.3. The van der Waals surface area contributed by atoms with Crippen molar-refractivity contribution in [1.82, 2.24) is 0 Å². The first-order valence-electron chi connectivity index (χ1n) is 6.92. The summed E-state index contributed by atoms with van der Waals surface area (Å²) in [6, 6.07) is 11.2. The van der Waals surface area contributed by atoms with Gasteiger partial charge in [0.1, 0.15) is 17.2 Å². The molecule has 2 aromatic carbocycles. The van der Waals surface area contributed by atoms with Gasteiger partial charge in [-0.05, 0) is 41.3 Å². The maximum absolute atomic E-state index is 10.2. The fraction of sp³-hybridized carbons (Fsp3) is 0.333. The van der Waals surface area contributed by atoms with E-state index < -0.39 is 0 Å². The molecule has 0 aliphatic carbocycles. The van der Waals surface area contributed by atoms with Crippen LogP contribution in [0.5, 0.6) is 17.2 Å². The predicted octanol–water partition coefficient (Wildman–Crippen LogP) is 4.37. The van der Waals surface area contributed by atoms with E-state index in [1.807, 2.05) is 30.3 Å². The van der Waals surface area contributed by atoms with Crippen molar-refractivity contribution in [2.45, 2.75) is 26.2 Å². The number of hydrogen-bond acceptors (Lipinski definition) is 3. The molecule has 3 nitrogen and oxygen atoms in total. The van der Waals surface area contributed by atoms with Crippen molar-refractivity contribution in [2.75, 3.05) is 14.2 Å². The number of benzene rings is 2. The number of phenolic OH excluding ortho intramolecular Hbond substituents is 1. The summed E-state index contributed by atoms with van der Waals surface area (Å²) < 4.78 is 10.7. The van der Waals surface area contributed by atoms with Crippen LogP contribution in [0.1, 0.15) is 26.3 Å². The summed E-state index contributed by atoms with van der Waals surface area (Å²) in [5.41, 5.74) is 2.73. The molecule has 0 aromatic heterocycles. The van der Waals surface area contributed by atoms with E-state index in [1.165, 1.54) is 0 Å². The highest BCUT2D eigenvalue weighted by molar-refractivity contribution is 5.77. The Balaban J connectivity index is 2.65. The SMILES string of the molecule is COc1ccc(OC)c(-c2cc(C(C)(C)C)ccc2O)c1. The molecule has 0 radical (unpaired) electrons. The van der Waals surface area contributed by atoms with E-state index in [1.54, 1.807) is 20.3 Å². The van der Waals surface area contributed by atoms with Gasteiger partial charge in [0.2, 0.25) is 0 Å². The minimum absolute atomic E-state index is 0.00848. The summed E-state index contributed by atoms with van der Waals surface area (Å²) in [7, 11) is 3.24. The Labute approximate surface area is 126 Å². The van der Waals surface area contributed by atoms with Crippen LogP contribution >= 0.6 is 0 Å². The molecule has 3 heteroatoms. The van der Waals surface area contributed by atoms with E-state index >= 15 is 0 Å². The highest BCUT2D eigenvalue weighted by Crippen LogP contribution is 2.40. The molecule has 0 heterocycles. The first kappa shape index (κ1) is 15.2. The summed E-state index contributed by atoms with van der Waals surface area (Å²) in [5, 5.41) is 10.2. The average molecular weight is 286 g/mol. The minimum atomic E-state index is 0.00848. The number of methoxy groups -OCH3 is 2. The van der Waals surface area contributed by atoms with Crippen LogP contribution in [-0.2, 0) is 5.41 Å². The number of ether oxygens (including phenoxy) is 2. The lowest BCUT2D eigenvalue weighted by Crippen LogP contribution is -2.10. The zero-order chi connectivity index (χ0) is 15.6. The Hall–Kier alpha value is -2.16. The van der Waals surface area contributed by atoms with E-state index in [0.717, 1.165) is 22.4 Å². The molecule has 2 aromatic rings. The molecule has 0 unspecified atom stereocenters. The molecule has 0 aliphatic heterocycles. The summed E-state index contributed by atoms with van der Waals surface area (Å²) in [6.45, 7) is 6.43. The predicted molar refractivity (Wildman–Crippen MR) is 85.3 cm³/mol. The molecule has 21 heavy (non-hydrogen) atoms. The highest BCUT2D eigenvalue weighted by atomic mass is 16.5. The largest absolute Gasteiger partial charge is 0.507 e. The van der Waals surface area contributed by atoms with Gasteiger partial charge in [-0.25, -0.2) is 0 Å². The van der Waals surface area contributed by atoms with Gasteiger partial charge in [0.05, 0.1) is 14.2 Å². The van der Waals surface area contributed by atoms with Crippen molar-refractivity contribution in [3.8, 4) is 28.4 Å². The zero-order valence-electron chi connectivity index (χ0n) is 13.2. The second kappa shape index (κ2) is 5.68. The quantitative estimate of drug-likeness (QED) is 0.910. The molecular formula is C18H22O3. The lowest BCUT2D eigenvalue weighted by atomic mass is 9.85. The van der Waals surface area contributed by atoms with Crippen molar-refractivity contribution in [2.24, 2.45) is 0 Å². The number of rotatable bonds is 3. The summed E-state index contributed by atoms with van der Waals surface area (Å²) in [4.78, 5) is 0. The van der Waals surface area contributed by atoms with Crippen molar-refractivity contribution < 1.29 is 14.6 Å². The Morgan fingerprint density at radius 2 is 1.57 bits per heavy atom. The number of aromatic hydroxyl groups is 1. The van der Waals surface area contributed by atoms with E-state index in [2.05, 4.69) is 20.8 Å². The van der Waals surface area contributed by atoms with Gasteiger partial charge in [0, 0.05) is 11.1 Å². The summed E-state index contributed by atoms with van der Waals surface area (Å²) >= 11 is 0. The van der Waals surface area contributed by atoms with Crippen LogP contribution in [0.25, 0.3) is 11.1 Å².